The summed E-state index contributed by atoms with van der Waals surface area (Å²) in [5.41, 5.74) is 2.45. The van der Waals surface area contributed by atoms with Crippen LogP contribution in [0.15, 0.2) is 42.9 Å². The summed E-state index contributed by atoms with van der Waals surface area (Å²) < 4.78 is 2.30. The van der Waals surface area contributed by atoms with Crippen molar-refractivity contribution in [2.45, 2.75) is 70.1 Å². The first-order chi connectivity index (χ1) is 12.4. The van der Waals surface area contributed by atoms with Gasteiger partial charge >= 0.3 is 0 Å². The van der Waals surface area contributed by atoms with Gasteiger partial charge in [-0.15, -0.1) is 0 Å². The first kappa shape index (κ1) is 17.5. The van der Waals surface area contributed by atoms with Crippen LogP contribution in [0.3, 0.4) is 0 Å². The number of hydrogen-bond acceptors (Lipinski definition) is 2. The lowest BCUT2D eigenvalue weighted by molar-refractivity contribution is 0.245. The molecular formula is C21H28N4S. The Bertz CT molecular complexity index is 771. The van der Waals surface area contributed by atoms with Crippen LogP contribution in [0.25, 0.3) is 0 Å². The molecule has 26 heavy (non-hydrogen) atoms. The monoisotopic (exact) mass is 368 g/mol. The zero-order valence-corrected chi connectivity index (χ0v) is 16.7. The highest BCUT2D eigenvalue weighted by Gasteiger charge is 2.43. The highest BCUT2D eigenvalue weighted by molar-refractivity contribution is 7.80. The lowest BCUT2D eigenvalue weighted by Gasteiger charge is -2.32. The molecule has 0 bridgehead atoms. The molecule has 3 heterocycles. The molecule has 1 aliphatic heterocycles. The minimum atomic E-state index is 0.0729. The molecule has 4 rings (SSSR count). The topological polar surface area (TPSA) is 33.1 Å². The molecule has 1 saturated heterocycles. The zero-order chi connectivity index (χ0) is 18.3. The maximum absolute atomic E-state index is 5.79. The van der Waals surface area contributed by atoms with Crippen LogP contribution in [0, 0.1) is 0 Å². The molecule has 0 radical (unpaired) electrons. The van der Waals surface area contributed by atoms with Crippen molar-refractivity contribution < 1.29 is 0 Å². The summed E-state index contributed by atoms with van der Waals surface area (Å²) in [5, 5.41) is 4.46. The van der Waals surface area contributed by atoms with E-state index >= 15 is 0 Å². The van der Waals surface area contributed by atoms with Crippen molar-refractivity contribution in [1.29, 1.82) is 0 Å². The molecule has 4 nitrogen and oxygen atoms in total. The van der Waals surface area contributed by atoms with E-state index in [1.807, 2.05) is 12.3 Å². The quantitative estimate of drug-likeness (QED) is 0.806. The molecule has 2 aromatic heterocycles. The van der Waals surface area contributed by atoms with E-state index in [1.165, 1.54) is 31.2 Å². The van der Waals surface area contributed by atoms with Gasteiger partial charge in [0, 0.05) is 30.2 Å². The second-order valence-electron chi connectivity index (χ2n) is 8.50. The fourth-order valence-corrected chi connectivity index (χ4v) is 4.69. The van der Waals surface area contributed by atoms with Gasteiger partial charge in [-0.2, -0.15) is 0 Å². The minimum absolute atomic E-state index is 0.0729. The molecule has 0 aromatic carbocycles. The molecule has 0 unspecified atom stereocenters. The van der Waals surface area contributed by atoms with Crippen LogP contribution in [0.2, 0.25) is 0 Å². The molecule has 1 saturated carbocycles. The van der Waals surface area contributed by atoms with Gasteiger partial charge in [-0.25, -0.2) is 0 Å². The Kier molecular flexibility index (Phi) is 4.51. The van der Waals surface area contributed by atoms with Gasteiger partial charge in [0.15, 0.2) is 5.11 Å². The van der Waals surface area contributed by atoms with Crippen LogP contribution >= 0.6 is 12.2 Å². The number of nitrogens with zero attached hydrogens (tertiary/aromatic N) is 3. The van der Waals surface area contributed by atoms with E-state index in [2.05, 4.69) is 71.1 Å². The fourth-order valence-electron chi connectivity index (χ4n) is 4.30. The Morgan fingerprint density at radius 2 is 1.92 bits per heavy atom. The van der Waals surface area contributed by atoms with E-state index in [9.17, 15) is 0 Å². The number of aromatic nitrogens is 2. The van der Waals surface area contributed by atoms with Crippen LogP contribution in [0.4, 0.5) is 0 Å². The highest BCUT2D eigenvalue weighted by atomic mass is 32.1. The molecule has 2 aliphatic rings. The Morgan fingerprint density at radius 3 is 2.54 bits per heavy atom. The van der Waals surface area contributed by atoms with Crippen molar-refractivity contribution in [3.05, 3.63) is 54.1 Å². The van der Waals surface area contributed by atoms with Gasteiger partial charge < -0.3 is 14.8 Å². The number of thiocarbonyl (C=S) groups is 1. The third kappa shape index (κ3) is 3.13. The van der Waals surface area contributed by atoms with Gasteiger partial charge in [0.05, 0.1) is 17.8 Å². The van der Waals surface area contributed by atoms with Crippen molar-refractivity contribution >= 4 is 17.3 Å². The van der Waals surface area contributed by atoms with Crippen molar-refractivity contribution in [2.75, 3.05) is 0 Å². The summed E-state index contributed by atoms with van der Waals surface area (Å²) in [6.07, 6.45) is 11.4. The van der Waals surface area contributed by atoms with E-state index in [-0.39, 0.29) is 17.6 Å². The summed E-state index contributed by atoms with van der Waals surface area (Å²) in [6.45, 7) is 6.71. The number of pyridine rings is 1. The van der Waals surface area contributed by atoms with Crippen molar-refractivity contribution in [1.82, 2.24) is 19.8 Å². The van der Waals surface area contributed by atoms with Crippen LogP contribution in [-0.4, -0.2) is 25.6 Å². The number of nitrogens with one attached hydrogen (secondary N) is 1. The average molecular weight is 369 g/mol. The normalized spacial score (nSPS) is 24.3. The van der Waals surface area contributed by atoms with Crippen LogP contribution in [0.5, 0.6) is 0 Å². The summed E-state index contributed by atoms with van der Waals surface area (Å²) in [6, 6.07) is 9.21. The van der Waals surface area contributed by atoms with Crippen LogP contribution in [0.1, 0.15) is 69.8 Å². The molecule has 2 fully saturated rings. The van der Waals surface area contributed by atoms with E-state index in [1.54, 1.807) is 0 Å². The van der Waals surface area contributed by atoms with Gasteiger partial charge in [0.25, 0.3) is 0 Å². The summed E-state index contributed by atoms with van der Waals surface area (Å²) in [7, 11) is 0. The van der Waals surface area contributed by atoms with Crippen molar-refractivity contribution in [2.24, 2.45) is 0 Å². The molecule has 138 valence electrons. The third-order valence-electron chi connectivity index (χ3n) is 5.69. The molecule has 1 N–H and O–H groups in total. The lowest BCUT2D eigenvalue weighted by Crippen LogP contribution is -2.37. The Labute approximate surface area is 161 Å². The van der Waals surface area contributed by atoms with E-state index in [0.717, 1.165) is 10.8 Å². The molecular weight excluding hydrogens is 340 g/mol. The van der Waals surface area contributed by atoms with Gasteiger partial charge in [0.1, 0.15) is 0 Å². The smallest absolute Gasteiger partial charge is 0.170 e. The zero-order valence-electron chi connectivity index (χ0n) is 15.9. The van der Waals surface area contributed by atoms with Gasteiger partial charge in [-0.05, 0) is 69.6 Å². The first-order valence-corrected chi connectivity index (χ1v) is 10.0. The molecule has 1 aliphatic carbocycles. The predicted octanol–water partition coefficient (Wildman–Crippen LogP) is 4.55. The Morgan fingerprint density at radius 1 is 1.15 bits per heavy atom. The van der Waals surface area contributed by atoms with Crippen LogP contribution < -0.4 is 5.32 Å². The molecule has 0 spiro atoms. The SMILES string of the molecule is CC(C)(C)n1ccc([C@H]2[C@H](c3ccccn3)NC(=S)N2C2CCCC2)c1. The standard InChI is InChI=1S/C21H28N4S/c1-21(2,3)24-13-11-15(14-24)19-18(17-10-6-7-12-22-17)23-20(26)25(19)16-8-4-5-9-16/h6-7,10-14,16,18-19H,4-5,8-9H2,1-3H3,(H,23,26)/t18-,19-/m0/s1. The van der Waals surface area contributed by atoms with Gasteiger partial charge in [0.2, 0.25) is 0 Å². The minimum Gasteiger partial charge on any atom is -0.352 e. The van der Waals surface area contributed by atoms with Gasteiger partial charge in [-0.3, -0.25) is 4.98 Å². The number of rotatable bonds is 3. The van der Waals surface area contributed by atoms with E-state index in [0.29, 0.717) is 6.04 Å². The number of hydrogen-bond donors (Lipinski definition) is 1. The molecule has 5 heteroatoms. The second-order valence-corrected chi connectivity index (χ2v) is 8.88. The fraction of sp³-hybridized carbons (Fsp3) is 0.524. The first-order valence-electron chi connectivity index (χ1n) is 9.63. The molecule has 0 amide bonds. The molecule has 2 atom stereocenters. The highest BCUT2D eigenvalue weighted by Crippen LogP contribution is 2.43. The summed E-state index contributed by atoms with van der Waals surface area (Å²) in [4.78, 5) is 7.09. The van der Waals surface area contributed by atoms with Crippen LogP contribution in [-0.2, 0) is 5.54 Å². The van der Waals surface area contributed by atoms with E-state index in [4.69, 9.17) is 12.2 Å². The third-order valence-corrected chi connectivity index (χ3v) is 6.01. The summed E-state index contributed by atoms with van der Waals surface area (Å²) >= 11 is 5.79. The second kappa shape index (κ2) is 6.69. The van der Waals surface area contributed by atoms with Crippen molar-refractivity contribution in [3.63, 3.8) is 0 Å². The molecule has 2 aromatic rings. The lowest BCUT2D eigenvalue weighted by atomic mass is 9.97. The van der Waals surface area contributed by atoms with Crippen molar-refractivity contribution in [3.8, 4) is 0 Å². The largest absolute Gasteiger partial charge is 0.352 e. The average Bonchev–Trinajstić information content (AvgIpc) is 3.33. The Hall–Kier alpha value is -1.88. The maximum atomic E-state index is 5.79. The predicted molar refractivity (Wildman–Crippen MR) is 109 cm³/mol. The van der Waals surface area contributed by atoms with Gasteiger partial charge in [-0.1, -0.05) is 18.9 Å². The van der Waals surface area contributed by atoms with E-state index < -0.39 is 0 Å². The Balaban J connectivity index is 1.75. The maximum Gasteiger partial charge on any atom is 0.170 e. The summed E-state index contributed by atoms with van der Waals surface area (Å²) in [5.74, 6) is 0.